The molecule has 1 aromatic heterocycles. The van der Waals surface area contributed by atoms with Gasteiger partial charge in [-0.3, -0.25) is 0 Å². The van der Waals surface area contributed by atoms with Crippen LogP contribution in [0.1, 0.15) is 74.9 Å². The quantitative estimate of drug-likeness (QED) is 0.379. The van der Waals surface area contributed by atoms with Crippen molar-refractivity contribution in [1.82, 2.24) is 0 Å². The highest BCUT2D eigenvalue weighted by Gasteiger charge is 2.26. The standard InChI is InChI=1S/C25H35O2P/c1-14-12-18(24(5,6)7)22-20(16(14)3)21-17(4)15(2)13-19(25(8,9)10)23(21)27-28(11)26-22/h12-13H,1-11H3. The van der Waals surface area contributed by atoms with Crippen LogP contribution in [0.3, 0.4) is 0 Å². The van der Waals surface area contributed by atoms with Crippen molar-refractivity contribution in [3.05, 3.63) is 45.5 Å². The average Bonchev–Trinajstić information content (AvgIpc) is 2.68. The van der Waals surface area contributed by atoms with Crippen LogP contribution >= 0.6 is 8.01 Å². The van der Waals surface area contributed by atoms with Gasteiger partial charge in [0.25, 0.3) is 0 Å². The van der Waals surface area contributed by atoms with Crippen molar-refractivity contribution in [1.29, 1.82) is 0 Å². The van der Waals surface area contributed by atoms with Crippen LogP contribution in [0.15, 0.2) is 20.5 Å². The Kier molecular flexibility index (Phi) is 5.04. The molecule has 0 atom stereocenters. The minimum absolute atomic E-state index is 0.00614. The van der Waals surface area contributed by atoms with Gasteiger partial charge in [-0.2, -0.15) is 0 Å². The van der Waals surface area contributed by atoms with Crippen molar-refractivity contribution in [3.63, 3.8) is 0 Å². The molecule has 0 unspecified atom stereocenters. The number of hydrogen-bond acceptors (Lipinski definition) is 2. The minimum atomic E-state index is -1.06. The van der Waals surface area contributed by atoms with Gasteiger partial charge in [0.15, 0.2) is 0 Å². The normalized spacial score (nSPS) is 12.8. The second-order valence-corrected chi connectivity index (χ2v) is 11.5. The number of benzene rings is 2. The van der Waals surface area contributed by atoms with E-state index in [1.54, 1.807) is 0 Å². The molecule has 28 heavy (non-hydrogen) atoms. The third-order valence-corrected chi connectivity index (χ3v) is 6.78. The summed E-state index contributed by atoms with van der Waals surface area (Å²) in [7, 11) is -1.06. The van der Waals surface area contributed by atoms with E-state index in [-0.39, 0.29) is 10.8 Å². The molecule has 2 aromatic carbocycles. The highest BCUT2D eigenvalue weighted by atomic mass is 31.1. The zero-order valence-corrected chi connectivity index (χ0v) is 20.3. The minimum Gasteiger partial charge on any atom is -0.419 e. The Bertz CT molecular complexity index is 1030. The third-order valence-electron chi connectivity index (χ3n) is 5.90. The van der Waals surface area contributed by atoms with Crippen molar-refractivity contribution < 1.29 is 8.39 Å². The summed E-state index contributed by atoms with van der Waals surface area (Å²) in [4.78, 5) is 0. The lowest BCUT2D eigenvalue weighted by atomic mass is 9.81. The van der Waals surface area contributed by atoms with Crippen LogP contribution in [0.4, 0.5) is 0 Å². The maximum Gasteiger partial charge on any atom is 0.213 e. The third kappa shape index (κ3) is 3.41. The van der Waals surface area contributed by atoms with Gasteiger partial charge in [0, 0.05) is 28.6 Å². The van der Waals surface area contributed by atoms with Gasteiger partial charge in [-0.05, 0) is 60.8 Å². The molecule has 0 amide bonds. The molecule has 3 aromatic rings. The predicted octanol–water partition coefficient (Wildman–Crippen LogP) is 8.66. The molecule has 0 saturated carbocycles. The van der Waals surface area contributed by atoms with E-state index in [1.807, 2.05) is 0 Å². The molecule has 0 aliphatic heterocycles. The van der Waals surface area contributed by atoms with E-state index in [1.165, 1.54) is 44.2 Å². The van der Waals surface area contributed by atoms with E-state index in [9.17, 15) is 0 Å². The smallest absolute Gasteiger partial charge is 0.213 e. The summed E-state index contributed by atoms with van der Waals surface area (Å²) in [6.07, 6.45) is 0. The lowest BCUT2D eigenvalue weighted by molar-refractivity contribution is 0.567. The number of fused-ring (bicyclic) bond motifs is 3. The SMILES string of the molecule is Cc1cc(C(C)(C)C)c2op(C)oc3c(C(C)(C)C)cc(C)c(C)c3c2c1C. The van der Waals surface area contributed by atoms with Gasteiger partial charge in [0.05, 0.1) is 0 Å². The van der Waals surface area contributed by atoms with E-state index in [2.05, 4.69) is 88.0 Å². The molecule has 0 aliphatic carbocycles. The molecular formula is C25H35O2P. The van der Waals surface area contributed by atoms with Gasteiger partial charge in [-0.15, -0.1) is 0 Å². The molecule has 0 fully saturated rings. The number of aryl methyl sites for hydroxylation is 5. The Morgan fingerprint density at radius 1 is 0.643 bits per heavy atom. The fourth-order valence-electron chi connectivity index (χ4n) is 3.97. The van der Waals surface area contributed by atoms with E-state index in [4.69, 9.17) is 8.39 Å². The molecule has 3 rings (SSSR count). The molecule has 2 nitrogen and oxygen atoms in total. The summed E-state index contributed by atoms with van der Waals surface area (Å²) in [5, 5.41) is 2.44. The molecular weight excluding hydrogens is 363 g/mol. The molecule has 0 radical (unpaired) electrons. The summed E-state index contributed by atoms with van der Waals surface area (Å²) < 4.78 is 13.1. The van der Waals surface area contributed by atoms with Gasteiger partial charge in [0.2, 0.25) is 8.01 Å². The summed E-state index contributed by atoms with van der Waals surface area (Å²) in [6.45, 7) is 24.5. The Hall–Kier alpha value is -1.66. The van der Waals surface area contributed by atoms with E-state index >= 15 is 0 Å². The molecule has 0 spiro atoms. The first kappa shape index (κ1) is 21.1. The molecule has 0 N–H and O–H groups in total. The van der Waals surface area contributed by atoms with E-state index < -0.39 is 8.01 Å². The first-order valence-electron chi connectivity index (χ1n) is 10.1. The number of hydrogen-bond donors (Lipinski definition) is 0. The zero-order chi connectivity index (χ0) is 21.2. The molecule has 152 valence electrons. The topological polar surface area (TPSA) is 26.3 Å². The van der Waals surface area contributed by atoms with Crippen molar-refractivity contribution in [2.45, 2.75) is 80.1 Å². The lowest BCUT2D eigenvalue weighted by Crippen LogP contribution is -2.13. The average molecular weight is 399 g/mol. The highest BCUT2D eigenvalue weighted by molar-refractivity contribution is 7.35. The van der Waals surface area contributed by atoms with Crippen molar-refractivity contribution in [2.24, 2.45) is 6.66 Å². The van der Waals surface area contributed by atoms with Crippen LogP contribution in [0, 0.1) is 27.7 Å². The Morgan fingerprint density at radius 3 is 1.25 bits per heavy atom. The van der Waals surface area contributed by atoms with Crippen molar-refractivity contribution >= 4 is 30.0 Å². The maximum absolute atomic E-state index is 6.54. The summed E-state index contributed by atoms with van der Waals surface area (Å²) in [6, 6.07) is 4.61. The second kappa shape index (κ2) is 6.70. The molecule has 0 saturated heterocycles. The Balaban J connectivity index is 2.81. The highest BCUT2D eigenvalue weighted by Crippen LogP contribution is 2.44. The van der Waals surface area contributed by atoms with Crippen molar-refractivity contribution in [2.75, 3.05) is 0 Å². The second-order valence-electron chi connectivity index (χ2n) is 10.3. The zero-order valence-electron chi connectivity index (χ0n) is 19.4. The maximum atomic E-state index is 6.54. The Labute approximate surface area is 170 Å². The van der Waals surface area contributed by atoms with Crippen molar-refractivity contribution in [3.8, 4) is 0 Å². The fourth-order valence-corrected chi connectivity index (χ4v) is 4.90. The molecule has 3 heteroatoms. The van der Waals surface area contributed by atoms with Crippen LogP contribution in [-0.2, 0) is 17.5 Å². The first-order chi connectivity index (χ1) is 12.7. The predicted molar refractivity (Wildman–Crippen MR) is 124 cm³/mol. The summed E-state index contributed by atoms with van der Waals surface area (Å²) >= 11 is 0. The molecule has 1 heterocycles. The van der Waals surface area contributed by atoms with Gasteiger partial charge in [0.1, 0.15) is 11.2 Å². The Morgan fingerprint density at radius 2 is 0.964 bits per heavy atom. The fraction of sp³-hybridized carbons (Fsp3) is 0.520. The van der Waals surface area contributed by atoms with Gasteiger partial charge in [-0.1, -0.05) is 53.7 Å². The summed E-state index contributed by atoms with van der Waals surface area (Å²) in [5.74, 6) is 0. The molecule has 0 aliphatic rings. The monoisotopic (exact) mass is 398 g/mol. The van der Waals surface area contributed by atoms with Gasteiger partial charge < -0.3 is 8.39 Å². The van der Waals surface area contributed by atoms with E-state index in [0.29, 0.717) is 0 Å². The van der Waals surface area contributed by atoms with Gasteiger partial charge in [-0.25, -0.2) is 0 Å². The number of rotatable bonds is 0. The first-order valence-corrected chi connectivity index (χ1v) is 11.8. The van der Waals surface area contributed by atoms with Crippen LogP contribution in [0.2, 0.25) is 0 Å². The van der Waals surface area contributed by atoms with E-state index in [0.717, 1.165) is 11.2 Å². The van der Waals surface area contributed by atoms with Crippen LogP contribution < -0.4 is 0 Å². The summed E-state index contributed by atoms with van der Waals surface area (Å²) in [5.41, 5.74) is 9.70. The largest absolute Gasteiger partial charge is 0.419 e. The van der Waals surface area contributed by atoms with Gasteiger partial charge >= 0.3 is 0 Å². The van der Waals surface area contributed by atoms with Crippen LogP contribution in [-0.4, -0.2) is 0 Å². The van der Waals surface area contributed by atoms with Crippen LogP contribution in [0.25, 0.3) is 21.9 Å². The van der Waals surface area contributed by atoms with Crippen LogP contribution in [0.5, 0.6) is 0 Å². The lowest BCUT2D eigenvalue weighted by Gasteiger charge is -2.23. The molecule has 0 bridgehead atoms.